The molecule has 0 saturated carbocycles. The molecular weight excluding hydrogens is 360 g/mol. The van der Waals surface area contributed by atoms with Crippen molar-refractivity contribution in [2.45, 2.75) is 12.8 Å². The van der Waals surface area contributed by atoms with Crippen LogP contribution in [0.25, 0.3) is 0 Å². The number of hydrogen-bond acceptors (Lipinski definition) is 9. The SMILES string of the molecule is C/C(=N\O)[C@@H]1C(=O)Nc2nc(N)[nH]c(=O)c2[C@H]1c1ccc(O)c([N+](=O)[O-])c1. The molecule has 140 valence electrons. The average Bonchev–Trinajstić information content (AvgIpc) is 2.59. The lowest BCUT2D eigenvalue weighted by molar-refractivity contribution is -0.385. The summed E-state index contributed by atoms with van der Waals surface area (Å²) in [6.45, 7) is 1.37. The van der Waals surface area contributed by atoms with Gasteiger partial charge in [0.25, 0.3) is 5.56 Å². The van der Waals surface area contributed by atoms with E-state index >= 15 is 0 Å². The molecule has 12 nitrogen and oxygen atoms in total. The first-order chi connectivity index (χ1) is 12.7. The van der Waals surface area contributed by atoms with Gasteiger partial charge in [-0.3, -0.25) is 24.7 Å². The van der Waals surface area contributed by atoms with E-state index in [0.29, 0.717) is 0 Å². The van der Waals surface area contributed by atoms with Crippen molar-refractivity contribution >= 4 is 29.1 Å². The minimum absolute atomic E-state index is 0.00297. The molecule has 3 rings (SSSR count). The van der Waals surface area contributed by atoms with Crippen LogP contribution in [-0.4, -0.2) is 36.8 Å². The zero-order valence-corrected chi connectivity index (χ0v) is 13.8. The number of nitrogen functional groups attached to an aromatic ring is 1. The Morgan fingerprint density at radius 3 is 2.74 bits per heavy atom. The zero-order chi connectivity index (χ0) is 19.9. The maximum Gasteiger partial charge on any atom is 0.310 e. The number of carbonyl (C=O) groups is 1. The lowest BCUT2D eigenvalue weighted by Crippen LogP contribution is -2.42. The summed E-state index contributed by atoms with van der Waals surface area (Å²) in [6, 6.07) is 3.47. The Labute approximate surface area is 150 Å². The van der Waals surface area contributed by atoms with Gasteiger partial charge in [-0.05, 0) is 18.6 Å². The van der Waals surface area contributed by atoms with Crippen LogP contribution in [0.2, 0.25) is 0 Å². The van der Waals surface area contributed by atoms with Crippen molar-refractivity contribution in [1.29, 1.82) is 0 Å². The first kappa shape index (κ1) is 17.8. The number of hydrogen-bond donors (Lipinski definition) is 5. The van der Waals surface area contributed by atoms with E-state index in [1.165, 1.54) is 13.0 Å². The highest BCUT2D eigenvalue weighted by Gasteiger charge is 2.42. The molecule has 6 N–H and O–H groups in total. The van der Waals surface area contributed by atoms with Gasteiger partial charge >= 0.3 is 5.69 Å². The van der Waals surface area contributed by atoms with E-state index in [1.807, 2.05) is 0 Å². The third kappa shape index (κ3) is 2.92. The molecule has 1 aliphatic rings. The largest absolute Gasteiger partial charge is 0.502 e. The Morgan fingerprint density at radius 1 is 1.41 bits per heavy atom. The summed E-state index contributed by atoms with van der Waals surface area (Å²) in [5, 5.41) is 35.5. The van der Waals surface area contributed by atoms with Crippen molar-refractivity contribution in [3.63, 3.8) is 0 Å². The van der Waals surface area contributed by atoms with Crippen LogP contribution in [-0.2, 0) is 4.79 Å². The van der Waals surface area contributed by atoms with Crippen molar-refractivity contribution in [3.05, 3.63) is 49.8 Å². The van der Waals surface area contributed by atoms with Gasteiger partial charge in [0.15, 0.2) is 5.75 Å². The minimum atomic E-state index is -1.14. The monoisotopic (exact) mass is 374 g/mol. The minimum Gasteiger partial charge on any atom is -0.502 e. The van der Waals surface area contributed by atoms with E-state index in [0.717, 1.165) is 12.1 Å². The maximum atomic E-state index is 12.6. The van der Waals surface area contributed by atoms with Crippen molar-refractivity contribution in [2.75, 3.05) is 11.1 Å². The molecule has 1 amide bonds. The number of aromatic nitrogens is 2. The summed E-state index contributed by atoms with van der Waals surface area (Å²) in [4.78, 5) is 41.6. The predicted octanol–water partition coefficient (Wildman–Crippen LogP) is 0.516. The first-order valence-electron chi connectivity index (χ1n) is 7.61. The van der Waals surface area contributed by atoms with Crippen LogP contribution in [0, 0.1) is 16.0 Å². The number of phenols is 1. The molecule has 2 atom stereocenters. The van der Waals surface area contributed by atoms with Gasteiger partial charge in [-0.2, -0.15) is 4.98 Å². The van der Waals surface area contributed by atoms with Crippen molar-refractivity contribution < 1.29 is 20.0 Å². The first-order valence-corrected chi connectivity index (χ1v) is 7.61. The number of anilines is 2. The summed E-state index contributed by atoms with van der Waals surface area (Å²) in [5.74, 6) is -3.71. The number of H-pyrrole nitrogens is 1. The number of aromatic amines is 1. The summed E-state index contributed by atoms with van der Waals surface area (Å²) >= 11 is 0. The molecule has 0 aliphatic carbocycles. The number of fused-ring (bicyclic) bond motifs is 1. The van der Waals surface area contributed by atoms with Gasteiger partial charge in [-0.1, -0.05) is 11.2 Å². The van der Waals surface area contributed by atoms with E-state index < -0.39 is 39.7 Å². The molecule has 12 heteroatoms. The van der Waals surface area contributed by atoms with Crippen molar-refractivity contribution in [1.82, 2.24) is 9.97 Å². The Kier molecular flexibility index (Phi) is 4.23. The highest BCUT2D eigenvalue weighted by atomic mass is 16.6. The van der Waals surface area contributed by atoms with E-state index in [4.69, 9.17) is 10.9 Å². The molecule has 1 aromatic heterocycles. The van der Waals surface area contributed by atoms with E-state index in [2.05, 4.69) is 20.4 Å². The van der Waals surface area contributed by atoms with Gasteiger partial charge in [0.2, 0.25) is 11.9 Å². The Balaban J connectivity index is 2.33. The molecule has 1 aliphatic heterocycles. The zero-order valence-electron chi connectivity index (χ0n) is 13.8. The van der Waals surface area contributed by atoms with E-state index in [-0.39, 0.29) is 28.6 Å². The number of rotatable bonds is 3. The highest BCUT2D eigenvalue weighted by Crippen LogP contribution is 2.41. The number of nitrogens with two attached hydrogens (primary N) is 1. The number of carbonyl (C=O) groups excluding carboxylic acids is 1. The van der Waals surface area contributed by atoms with E-state index in [9.17, 15) is 24.8 Å². The molecule has 0 spiro atoms. The Bertz CT molecular complexity index is 1050. The molecule has 0 unspecified atom stereocenters. The fourth-order valence-corrected chi connectivity index (χ4v) is 3.13. The Hall–Kier alpha value is -3.96. The van der Waals surface area contributed by atoms with E-state index in [1.54, 1.807) is 0 Å². The summed E-state index contributed by atoms with van der Waals surface area (Å²) in [5.41, 5.74) is 4.41. The average molecular weight is 374 g/mol. The van der Waals surface area contributed by atoms with Gasteiger partial charge in [0.05, 0.1) is 22.1 Å². The number of oxime groups is 1. The highest BCUT2D eigenvalue weighted by molar-refractivity contribution is 6.11. The van der Waals surface area contributed by atoms with Crippen LogP contribution >= 0.6 is 0 Å². The van der Waals surface area contributed by atoms with Gasteiger partial charge in [-0.25, -0.2) is 0 Å². The molecule has 2 heterocycles. The summed E-state index contributed by atoms with van der Waals surface area (Å²) in [7, 11) is 0. The van der Waals surface area contributed by atoms with Crippen molar-refractivity contribution in [3.8, 4) is 5.75 Å². The quantitative estimate of drug-likeness (QED) is 0.221. The molecule has 0 radical (unpaired) electrons. The van der Waals surface area contributed by atoms with Gasteiger partial charge in [-0.15, -0.1) is 0 Å². The lowest BCUT2D eigenvalue weighted by atomic mass is 9.76. The van der Waals surface area contributed by atoms with Gasteiger partial charge in [0.1, 0.15) is 5.82 Å². The number of nitro groups is 1. The lowest BCUT2D eigenvalue weighted by Gasteiger charge is -2.31. The van der Waals surface area contributed by atoms with Crippen LogP contribution in [0.4, 0.5) is 17.5 Å². The van der Waals surface area contributed by atoms with Crippen LogP contribution < -0.4 is 16.6 Å². The normalized spacial score (nSPS) is 19.3. The molecule has 0 fully saturated rings. The summed E-state index contributed by atoms with van der Waals surface area (Å²) in [6.07, 6.45) is 0. The van der Waals surface area contributed by atoms with Crippen LogP contribution in [0.3, 0.4) is 0 Å². The van der Waals surface area contributed by atoms with Crippen molar-refractivity contribution in [2.24, 2.45) is 11.1 Å². The number of nitrogens with one attached hydrogen (secondary N) is 2. The molecule has 27 heavy (non-hydrogen) atoms. The second-order valence-electron chi connectivity index (χ2n) is 5.90. The van der Waals surface area contributed by atoms with Crippen LogP contribution in [0.15, 0.2) is 28.1 Å². The second-order valence-corrected chi connectivity index (χ2v) is 5.90. The number of aromatic hydroxyl groups is 1. The smallest absolute Gasteiger partial charge is 0.310 e. The molecular formula is C15H14N6O6. The van der Waals surface area contributed by atoms with Crippen LogP contribution in [0.5, 0.6) is 5.75 Å². The second kappa shape index (κ2) is 6.40. The summed E-state index contributed by atoms with van der Waals surface area (Å²) < 4.78 is 0. The Morgan fingerprint density at radius 2 is 2.11 bits per heavy atom. The van der Waals surface area contributed by atoms with Gasteiger partial charge in [0, 0.05) is 12.0 Å². The topological polar surface area (TPSA) is 197 Å². The number of benzene rings is 1. The number of amides is 1. The number of phenolic OH excluding ortho intramolecular Hbond substituents is 1. The predicted molar refractivity (Wildman–Crippen MR) is 92.9 cm³/mol. The van der Waals surface area contributed by atoms with Crippen LogP contribution in [0.1, 0.15) is 24.0 Å². The maximum absolute atomic E-state index is 12.6. The standard InChI is InChI=1S/C15H14N6O6/c1-5(20-25)9-10(6-2-3-8(22)7(4-6)21(26)27)11-12(17-13(9)23)18-15(16)19-14(11)24/h2-4,9-10,22,25H,1H3,(H4,16,17,18,19,23,24)/b20-5+/t9-,10-/m0/s1. The van der Waals surface area contributed by atoms with Gasteiger partial charge < -0.3 is 21.4 Å². The molecule has 2 aromatic rings. The molecule has 0 saturated heterocycles. The fourth-order valence-electron chi connectivity index (χ4n) is 3.13. The number of nitrogens with zero attached hydrogens (tertiary/aromatic N) is 3. The fraction of sp³-hybridized carbons (Fsp3) is 0.200. The molecule has 0 bridgehead atoms. The third-order valence-corrected chi connectivity index (χ3v) is 4.31. The third-order valence-electron chi connectivity index (χ3n) is 4.31. The number of nitro benzene ring substituents is 1. The molecule has 1 aromatic carbocycles.